The minimum Gasteiger partial charge on any atom is -0.383 e. The van der Waals surface area contributed by atoms with Crippen LogP contribution in [0, 0.1) is 0 Å². The first kappa shape index (κ1) is 19.4. The zero-order valence-corrected chi connectivity index (χ0v) is 16.4. The number of anilines is 1. The summed E-state index contributed by atoms with van der Waals surface area (Å²) >= 11 is 0. The molecule has 0 aliphatic rings. The molecule has 1 N–H and O–H groups in total. The zero-order valence-electron chi connectivity index (χ0n) is 15.6. The van der Waals surface area contributed by atoms with Crippen LogP contribution in [0.3, 0.4) is 0 Å². The van der Waals surface area contributed by atoms with Crippen molar-refractivity contribution in [3.05, 3.63) is 50.7 Å². The molecule has 0 radical (unpaired) electrons. The SMILES string of the molecule is Cn1c(=O)c2c(nc(N/N=C\c3ccc(OS(C)(=O)=O)cc3)n2C)n(C)c1=O. The molecule has 2 heterocycles. The second-order valence-corrected chi connectivity index (χ2v) is 7.67. The molecular weight excluding hydrogens is 388 g/mol. The number of hydrazone groups is 1. The second-order valence-electron chi connectivity index (χ2n) is 6.10. The maximum absolute atomic E-state index is 12.3. The molecule has 2 aromatic heterocycles. The summed E-state index contributed by atoms with van der Waals surface area (Å²) < 4.78 is 30.8. The van der Waals surface area contributed by atoms with Gasteiger partial charge in [-0.3, -0.25) is 13.9 Å². The quantitative estimate of drug-likeness (QED) is 0.351. The first-order valence-electron chi connectivity index (χ1n) is 7.99. The molecule has 11 nitrogen and oxygen atoms in total. The predicted molar refractivity (Wildman–Crippen MR) is 104 cm³/mol. The van der Waals surface area contributed by atoms with E-state index in [1.165, 1.54) is 41.6 Å². The molecule has 0 spiro atoms. The van der Waals surface area contributed by atoms with Crippen molar-refractivity contribution >= 4 is 33.4 Å². The third kappa shape index (κ3) is 3.67. The van der Waals surface area contributed by atoms with E-state index in [-0.39, 0.29) is 22.9 Å². The molecule has 3 rings (SSSR count). The van der Waals surface area contributed by atoms with Crippen LogP contribution in [-0.4, -0.2) is 39.6 Å². The van der Waals surface area contributed by atoms with Gasteiger partial charge in [0.05, 0.1) is 12.5 Å². The first-order valence-corrected chi connectivity index (χ1v) is 9.81. The molecule has 0 amide bonds. The first-order chi connectivity index (χ1) is 13.1. The number of rotatable bonds is 5. The minimum absolute atomic E-state index is 0.194. The van der Waals surface area contributed by atoms with E-state index in [0.717, 1.165) is 10.8 Å². The van der Waals surface area contributed by atoms with Gasteiger partial charge in [0.1, 0.15) is 5.75 Å². The van der Waals surface area contributed by atoms with Gasteiger partial charge in [0.25, 0.3) is 5.56 Å². The van der Waals surface area contributed by atoms with E-state index in [0.29, 0.717) is 5.56 Å². The van der Waals surface area contributed by atoms with E-state index in [1.54, 1.807) is 19.2 Å². The maximum atomic E-state index is 12.3. The van der Waals surface area contributed by atoms with E-state index in [2.05, 4.69) is 15.5 Å². The highest BCUT2D eigenvalue weighted by Gasteiger charge is 2.16. The Labute approximate surface area is 159 Å². The highest BCUT2D eigenvalue weighted by molar-refractivity contribution is 7.86. The summed E-state index contributed by atoms with van der Waals surface area (Å²) in [6.45, 7) is 0. The lowest BCUT2D eigenvalue weighted by atomic mass is 10.2. The Bertz CT molecular complexity index is 1300. The summed E-state index contributed by atoms with van der Waals surface area (Å²) in [5, 5.41) is 4.06. The Morgan fingerprint density at radius 1 is 1.07 bits per heavy atom. The summed E-state index contributed by atoms with van der Waals surface area (Å²) in [5.41, 5.74) is 3.00. The zero-order chi connectivity index (χ0) is 20.6. The van der Waals surface area contributed by atoms with Crippen molar-refractivity contribution in [2.75, 3.05) is 11.7 Å². The lowest BCUT2D eigenvalue weighted by Crippen LogP contribution is -2.37. The van der Waals surface area contributed by atoms with Crippen LogP contribution in [-0.2, 0) is 31.3 Å². The van der Waals surface area contributed by atoms with Crippen LogP contribution in [0.15, 0.2) is 39.0 Å². The number of aromatic nitrogens is 4. The van der Waals surface area contributed by atoms with E-state index < -0.39 is 21.4 Å². The average molecular weight is 406 g/mol. The van der Waals surface area contributed by atoms with Crippen molar-refractivity contribution < 1.29 is 12.6 Å². The minimum atomic E-state index is -3.58. The number of nitrogens with zero attached hydrogens (tertiary/aromatic N) is 5. The molecule has 0 aliphatic carbocycles. The Hall–Kier alpha value is -3.41. The van der Waals surface area contributed by atoms with E-state index in [1.807, 2.05) is 0 Å². The van der Waals surface area contributed by atoms with Gasteiger partial charge >= 0.3 is 15.8 Å². The number of nitrogens with one attached hydrogen (secondary N) is 1. The molecule has 12 heteroatoms. The Morgan fingerprint density at radius 2 is 1.71 bits per heavy atom. The van der Waals surface area contributed by atoms with Gasteiger partial charge in [-0.05, 0) is 29.8 Å². The van der Waals surface area contributed by atoms with Gasteiger partial charge in [0, 0.05) is 21.1 Å². The number of aryl methyl sites for hydroxylation is 2. The predicted octanol–water partition coefficient (Wildman–Crippen LogP) is -0.245. The molecule has 0 unspecified atom stereocenters. The number of hydrogen-bond donors (Lipinski definition) is 1. The average Bonchev–Trinajstić information content (AvgIpc) is 2.95. The van der Waals surface area contributed by atoms with Gasteiger partial charge in [-0.15, -0.1) is 0 Å². The van der Waals surface area contributed by atoms with Gasteiger partial charge in [-0.1, -0.05) is 0 Å². The van der Waals surface area contributed by atoms with Crippen LogP contribution in [0.4, 0.5) is 5.95 Å². The Morgan fingerprint density at radius 3 is 2.32 bits per heavy atom. The third-order valence-corrected chi connectivity index (χ3v) is 4.48. The fourth-order valence-corrected chi connectivity index (χ4v) is 3.03. The molecule has 1 aromatic carbocycles. The van der Waals surface area contributed by atoms with Crippen LogP contribution in [0.25, 0.3) is 11.2 Å². The molecule has 3 aromatic rings. The largest absolute Gasteiger partial charge is 0.383 e. The standard InChI is InChI=1S/C16H18N6O5S/c1-20-12-13(21(2)16(24)22(3)14(12)23)18-15(20)19-17-9-10-5-7-11(8-6-10)27-28(4,25)26/h5-9H,1-4H3,(H,18,19)/b17-9-. The Balaban J connectivity index is 1.85. The van der Waals surface area contributed by atoms with Crippen LogP contribution in [0.5, 0.6) is 5.75 Å². The van der Waals surface area contributed by atoms with Crippen LogP contribution in [0.1, 0.15) is 5.56 Å². The van der Waals surface area contributed by atoms with E-state index >= 15 is 0 Å². The molecule has 148 valence electrons. The van der Waals surface area contributed by atoms with Gasteiger partial charge in [0.2, 0.25) is 5.95 Å². The van der Waals surface area contributed by atoms with Crippen molar-refractivity contribution in [1.29, 1.82) is 0 Å². The van der Waals surface area contributed by atoms with Crippen molar-refractivity contribution in [2.45, 2.75) is 0 Å². The molecule has 0 bridgehead atoms. The van der Waals surface area contributed by atoms with Crippen molar-refractivity contribution in [2.24, 2.45) is 26.2 Å². The Kier molecular flexibility index (Phi) is 4.81. The lowest BCUT2D eigenvalue weighted by Gasteiger charge is -2.03. The van der Waals surface area contributed by atoms with Crippen LogP contribution in [0.2, 0.25) is 0 Å². The highest BCUT2D eigenvalue weighted by Crippen LogP contribution is 2.14. The van der Waals surface area contributed by atoms with Crippen molar-refractivity contribution in [1.82, 2.24) is 18.7 Å². The highest BCUT2D eigenvalue weighted by atomic mass is 32.2. The maximum Gasteiger partial charge on any atom is 0.332 e. The van der Waals surface area contributed by atoms with E-state index in [4.69, 9.17) is 4.18 Å². The molecular formula is C16H18N6O5S. The molecule has 0 aliphatic heterocycles. The lowest BCUT2D eigenvalue weighted by molar-refractivity contribution is 0.493. The van der Waals surface area contributed by atoms with Crippen molar-refractivity contribution in [3.8, 4) is 5.75 Å². The molecule has 0 saturated carbocycles. The number of hydrogen-bond acceptors (Lipinski definition) is 8. The smallest absolute Gasteiger partial charge is 0.332 e. The van der Waals surface area contributed by atoms with Crippen molar-refractivity contribution in [3.63, 3.8) is 0 Å². The molecule has 28 heavy (non-hydrogen) atoms. The number of imidazole rings is 1. The summed E-state index contributed by atoms with van der Waals surface area (Å²) in [5.74, 6) is 0.473. The monoisotopic (exact) mass is 406 g/mol. The summed E-state index contributed by atoms with van der Waals surface area (Å²) in [7, 11) is 0.987. The fourth-order valence-electron chi connectivity index (χ4n) is 2.57. The number of benzene rings is 1. The summed E-state index contributed by atoms with van der Waals surface area (Å²) in [6.07, 6.45) is 2.45. The van der Waals surface area contributed by atoms with Gasteiger partial charge < -0.3 is 8.75 Å². The summed E-state index contributed by atoms with van der Waals surface area (Å²) in [4.78, 5) is 28.6. The molecule has 0 atom stereocenters. The van der Waals surface area contributed by atoms with Crippen LogP contribution >= 0.6 is 0 Å². The van der Waals surface area contributed by atoms with Crippen LogP contribution < -0.4 is 20.9 Å². The molecule has 0 fully saturated rings. The fraction of sp³-hybridized carbons (Fsp3) is 0.250. The van der Waals surface area contributed by atoms with Gasteiger partial charge in [0.15, 0.2) is 11.2 Å². The topological polar surface area (TPSA) is 130 Å². The van der Waals surface area contributed by atoms with Gasteiger partial charge in [-0.25, -0.2) is 10.2 Å². The second kappa shape index (κ2) is 6.96. The summed E-state index contributed by atoms with van der Waals surface area (Å²) in [6, 6.07) is 6.24. The van der Waals surface area contributed by atoms with E-state index in [9.17, 15) is 18.0 Å². The third-order valence-electron chi connectivity index (χ3n) is 3.98. The number of fused-ring (bicyclic) bond motifs is 1. The molecule has 0 saturated heterocycles. The van der Waals surface area contributed by atoms with Gasteiger partial charge in [-0.2, -0.15) is 18.5 Å². The normalized spacial score (nSPS) is 12.0.